The molecule has 1 rings (SSSR count). The van der Waals surface area contributed by atoms with Crippen molar-refractivity contribution in [1.82, 2.24) is 5.43 Å². The number of halogens is 1. The van der Waals surface area contributed by atoms with Gasteiger partial charge in [0.2, 0.25) is 0 Å². The van der Waals surface area contributed by atoms with Crippen LogP contribution in [0.15, 0.2) is 21.7 Å². The highest BCUT2D eigenvalue weighted by Crippen LogP contribution is 2.36. The molecule has 0 unspecified atom stereocenters. The molecule has 0 aromatic heterocycles. The van der Waals surface area contributed by atoms with Gasteiger partial charge in [0.05, 0.1) is 17.8 Å². The number of nitrogens with zero attached hydrogens (tertiary/aromatic N) is 1. The van der Waals surface area contributed by atoms with Gasteiger partial charge in [0.25, 0.3) is 5.91 Å². The average molecular weight is 345 g/mol. The van der Waals surface area contributed by atoms with Crippen LogP contribution in [0.3, 0.4) is 0 Å². The molecule has 1 aromatic carbocycles. The monoisotopic (exact) mass is 344 g/mol. The molecule has 0 aliphatic carbocycles. The van der Waals surface area contributed by atoms with E-state index in [4.69, 9.17) is 20.9 Å². The van der Waals surface area contributed by atoms with Gasteiger partial charge in [-0.2, -0.15) is 5.10 Å². The van der Waals surface area contributed by atoms with Gasteiger partial charge in [-0.15, -0.1) is 0 Å². The zero-order chi connectivity index (χ0) is 15.1. The maximum atomic E-state index is 10.7. The van der Waals surface area contributed by atoms with E-state index in [0.717, 1.165) is 0 Å². The number of ether oxygens (including phenoxy) is 2. The van der Waals surface area contributed by atoms with Crippen molar-refractivity contribution in [2.45, 2.75) is 0 Å². The molecule has 0 saturated heterocycles. The zero-order valence-electron chi connectivity index (χ0n) is 10.6. The fraction of sp³-hybridized carbons (Fsp3) is 0.182. The predicted octanol–water partition coefficient (Wildman–Crippen LogP) is 0.324. The van der Waals surface area contributed by atoms with Gasteiger partial charge in [-0.3, -0.25) is 4.79 Å². The number of hydrogen-bond acceptors (Lipinski definition) is 5. The SMILES string of the molecule is COc1cc(C=NNC(N)=O)cc(Br)c1OCC(N)=O. The highest BCUT2D eigenvalue weighted by molar-refractivity contribution is 9.10. The molecule has 9 heteroatoms. The van der Waals surface area contributed by atoms with E-state index in [9.17, 15) is 9.59 Å². The molecule has 0 aliphatic heterocycles. The summed E-state index contributed by atoms with van der Waals surface area (Å²) in [6.07, 6.45) is 1.37. The van der Waals surface area contributed by atoms with E-state index in [1.54, 1.807) is 12.1 Å². The second-order valence-electron chi connectivity index (χ2n) is 3.52. The minimum Gasteiger partial charge on any atom is -0.493 e. The lowest BCUT2D eigenvalue weighted by atomic mass is 10.2. The lowest BCUT2D eigenvalue weighted by molar-refractivity contribution is -0.119. The van der Waals surface area contributed by atoms with Crippen molar-refractivity contribution in [3.05, 3.63) is 22.2 Å². The minimum absolute atomic E-state index is 0.272. The van der Waals surface area contributed by atoms with Crippen LogP contribution < -0.4 is 26.4 Å². The Kier molecular flexibility index (Phi) is 5.78. The molecule has 0 fully saturated rings. The first-order valence-corrected chi connectivity index (χ1v) is 6.10. The number of nitrogens with one attached hydrogen (secondary N) is 1. The van der Waals surface area contributed by atoms with Crippen LogP contribution in [0, 0.1) is 0 Å². The van der Waals surface area contributed by atoms with Gasteiger partial charge in [-0.25, -0.2) is 10.2 Å². The van der Waals surface area contributed by atoms with Crippen molar-refractivity contribution >= 4 is 34.1 Å². The molecule has 0 atom stereocenters. The third-order valence-corrected chi connectivity index (χ3v) is 2.59. The number of methoxy groups -OCH3 is 1. The molecule has 1 aromatic rings. The summed E-state index contributed by atoms with van der Waals surface area (Å²) in [7, 11) is 1.45. The number of urea groups is 1. The molecule has 5 N–H and O–H groups in total. The van der Waals surface area contributed by atoms with Crippen molar-refractivity contribution < 1.29 is 19.1 Å². The number of benzene rings is 1. The van der Waals surface area contributed by atoms with Gasteiger partial charge >= 0.3 is 6.03 Å². The van der Waals surface area contributed by atoms with Gasteiger partial charge in [0.1, 0.15) is 0 Å². The maximum absolute atomic E-state index is 10.7. The Morgan fingerprint density at radius 2 is 2.15 bits per heavy atom. The van der Waals surface area contributed by atoms with Crippen LogP contribution in [0.4, 0.5) is 4.79 Å². The fourth-order valence-electron chi connectivity index (χ4n) is 1.27. The number of carbonyl (C=O) groups excluding carboxylic acids is 2. The first kappa shape index (κ1) is 15.8. The van der Waals surface area contributed by atoms with E-state index in [2.05, 4.69) is 26.5 Å². The van der Waals surface area contributed by atoms with Crippen LogP contribution in [-0.4, -0.2) is 31.9 Å². The minimum atomic E-state index is -0.770. The second kappa shape index (κ2) is 7.34. The lowest BCUT2D eigenvalue weighted by Gasteiger charge is -2.12. The Bertz CT molecular complexity index is 547. The molecule has 0 bridgehead atoms. The van der Waals surface area contributed by atoms with Gasteiger partial charge in [-0.1, -0.05) is 0 Å². The van der Waals surface area contributed by atoms with Crippen LogP contribution >= 0.6 is 15.9 Å². The highest BCUT2D eigenvalue weighted by atomic mass is 79.9. The Morgan fingerprint density at radius 3 is 2.70 bits per heavy atom. The predicted molar refractivity (Wildman–Crippen MR) is 75.7 cm³/mol. The maximum Gasteiger partial charge on any atom is 0.332 e. The van der Waals surface area contributed by atoms with Crippen LogP contribution in [0.5, 0.6) is 11.5 Å². The molecule has 20 heavy (non-hydrogen) atoms. The smallest absolute Gasteiger partial charge is 0.332 e. The van der Waals surface area contributed by atoms with E-state index in [1.807, 2.05) is 0 Å². The summed E-state index contributed by atoms with van der Waals surface area (Å²) in [5, 5.41) is 3.62. The summed E-state index contributed by atoms with van der Waals surface area (Å²) in [5.74, 6) is 0.114. The largest absolute Gasteiger partial charge is 0.493 e. The van der Waals surface area contributed by atoms with Crippen LogP contribution in [0.25, 0.3) is 0 Å². The Balaban J connectivity index is 2.97. The van der Waals surface area contributed by atoms with E-state index < -0.39 is 11.9 Å². The molecule has 0 aliphatic rings. The summed E-state index contributed by atoms with van der Waals surface area (Å²) in [5.41, 5.74) is 12.6. The number of hydrogen-bond donors (Lipinski definition) is 3. The molecule has 0 heterocycles. The third kappa shape index (κ3) is 4.76. The van der Waals surface area contributed by atoms with Crippen molar-refractivity contribution in [2.24, 2.45) is 16.6 Å². The summed E-state index contributed by atoms with van der Waals surface area (Å²) in [4.78, 5) is 21.2. The molecular weight excluding hydrogens is 332 g/mol. The molecule has 0 saturated carbocycles. The van der Waals surface area contributed by atoms with Crippen molar-refractivity contribution in [3.8, 4) is 11.5 Å². The van der Waals surface area contributed by atoms with Crippen molar-refractivity contribution in [1.29, 1.82) is 0 Å². The van der Waals surface area contributed by atoms with Gasteiger partial charge < -0.3 is 20.9 Å². The Labute approximate surface area is 123 Å². The lowest BCUT2D eigenvalue weighted by Crippen LogP contribution is -2.24. The number of rotatable bonds is 6. The normalized spacial score (nSPS) is 10.3. The third-order valence-electron chi connectivity index (χ3n) is 2.00. The van der Waals surface area contributed by atoms with E-state index in [-0.39, 0.29) is 6.61 Å². The summed E-state index contributed by atoms with van der Waals surface area (Å²) in [6, 6.07) is 2.49. The van der Waals surface area contributed by atoms with E-state index >= 15 is 0 Å². The first-order chi connectivity index (χ1) is 9.43. The summed E-state index contributed by atoms with van der Waals surface area (Å²) in [6.45, 7) is -0.272. The van der Waals surface area contributed by atoms with Gasteiger partial charge in [-0.05, 0) is 33.6 Å². The van der Waals surface area contributed by atoms with E-state index in [0.29, 0.717) is 21.5 Å². The Morgan fingerprint density at radius 1 is 1.45 bits per heavy atom. The first-order valence-electron chi connectivity index (χ1n) is 5.31. The molecule has 108 valence electrons. The van der Waals surface area contributed by atoms with Gasteiger partial charge in [0.15, 0.2) is 18.1 Å². The average Bonchev–Trinajstić information content (AvgIpc) is 2.36. The second-order valence-corrected chi connectivity index (χ2v) is 4.38. The molecule has 3 amide bonds. The summed E-state index contributed by atoms with van der Waals surface area (Å²) < 4.78 is 10.9. The number of primary amides is 2. The van der Waals surface area contributed by atoms with Gasteiger partial charge in [0, 0.05) is 0 Å². The molecule has 0 radical (unpaired) electrons. The summed E-state index contributed by atoms with van der Waals surface area (Å²) >= 11 is 3.28. The number of amides is 3. The topological polar surface area (TPSA) is 129 Å². The van der Waals surface area contributed by atoms with E-state index in [1.165, 1.54) is 13.3 Å². The fourth-order valence-corrected chi connectivity index (χ4v) is 1.84. The number of carbonyl (C=O) groups is 2. The number of hydrazone groups is 1. The standard InChI is InChI=1S/C11H13BrN4O4/c1-19-8-3-6(4-15-16-11(14)18)2-7(12)10(8)20-5-9(13)17/h2-4H,5H2,1H3,(H2,13,17)(H3,14,16,18). The Hall–Kier alpha value is -2.29. The van der Waals surface area contributed by atoms with Crippen molar-refractivity contribution in [3.63, 3.8) is 0 Å². The van der Waals surface area contributed by atoms with Crippen LogP contribution in [0.2, 0.25) is 0 Å². The number of nitrogens with two attached hydrogens (primary N) is 2. The molecule has 0 spiro atoms. The van der Waals surface area contributed by atoms with Crippen LogP contribution in [-0.2, 0) is 4.79 Å². The molecular formula is C11H13BrN4O4. The quantitative estimate of drug-likeness (QED) is 0.506. The highest BCUT2D eigenvalue weighted by Gasteiger charge is 2.12. The molecule has 8 nitrogen and oxygen atoms in total. The van der Waals surface area contributed by atoms with Crippen LogP contribution in [0.1, 0.15) is 5.56 Å². The zero-order valence-corrected chi connectivity index (χ0v) is 12.1. The van der Waals surface area contributed by atoms with Crippen molar-refractivity contribution in [2.75, 3.05) is 13.7 Å².